The van der Waals surface area contributed by atoms with Crippen LogP contribution in [0.2, 0.25) is 0 Å². The normalized spacial score (nSPS) is 11.7. The van der Waals surface area contributed by atoms with Gasteiger partial charge in [0.25, 0.3) is 0 Å². The number of aliphatic hydroxyl groups excluding tert-OH is 2. The third-order valence-corrected chi connectivity index (χ3v) is 14.2. The number of benzene rings is 2. The quantitative estimate of drug-likeness (QED) is 0.0282. The smallest absolute Gasteiger partial charge is 0.304 e. The Morgan fingerprint density at radius 1 is 0.627 bits per heavy atom. The van der Waals surface area contributed by atoms with E-state index >= 15 is 0 Å². The van der Waals surface area contributed by atoms with Gasteiger partial charge in [0.05, 0.1) is 61.3 Å². The van der Waals surface area contributed by atoms with Crippen molar-refractivity contribution in [2.45, 2.75) is 36.1 Å². The molecule has 0 bridgehead atoms. The van der Waals surface area contributed by atoms with Crippen molar-refractivity contribution in [1.82, 2.24) is 15.0 Å². The van der Waals surface area contributed by atoms with E-state index in [0.717, 1.165) is 12.1 Å². The molecule has 0 radical (unpaired) electrons. The number of hydrogen-bond acceptors (Lipinski definition) is 24. The van der Waals surface area contributed by atoms with E-state index in [9.17, 15) is 46.7 Å². The Bertz CT molecular complexity index is 2750. The molecule has 0 amide bonds. The fourth-order valence-electron chi connectivity index (χ4n) is 6.32. The maximum atomic E-state index is 11.9. The van der Waals surface area contributed by atoms with Crippen molar-refractivity contribution < 1.29 is 45.6 Å². The maximum absolute atomic E-state index is 11.9. The number of thiophene rings is 2. The molecule has 2 aromatic carbocycles. The van der Waals surface area contributed by atoms with Gasteiger partial charge in [0.15, 0.2) is 10.0 Å². The number of aliphatic hydroxyl groups is 2. The summed E-state index contributed by atoms with van der Waals surface area (Å²) in [4.78, 5) is 19.4. The van der Waals surface area contributed by atoms with E-state index in [0.29, 0.717) is 71.7 Å². The Hall–Kier alpha value is -6.63. The van der Waals surface area contributed by atoms with Gasteiger partial charge in [0.1, 0.15) is 43.4 Å². The number of azo groups is 2. The summed E-state index contributed by atoms with van der Waals surface area (Å²) in [6.07, 6.45) is 0. The number of ether oxygens (including phenoxy) is 2. The van der Waals surface area contributed by atoms with E-state index in [1.165, 1.54) is 19.1 Å². The zero-order valence-electron chi connectivity index (χ0n) is 36.9. The first kappa shape index (κ1) is 51.4. The zero-order chi connectivity index (χ0) is 49.1. The lowest BCUT2D eigenvalue weighted by Crippen LogP contribution is -2.31. The fraction of sp³-hybridized carbons (Fsp3) is 0.359. The summed E-state index contributed by atoms with van der Waals surface area (Å²) in [6.45, 7) is 9.35. The molecule has 5 rings (SSSR count). The molecule has 0 aliphatic heterocycles. The van der Waals surface area contributed by atoms with Crippen molar-refractivity contribution in [1.29, 1.82) is 10.5 Å². The number of nitrogens with zero attached hydrogens (tertiary/aromatic N) is 12. The van der Waals surface area contributed by atoms with Crippen molar-refractivity contribution in [3.05, 3.63) is 47.5 Å². The van der Waals surface area contributed by atoms with Crippen molar-refractivity contribution in [2.24, 2.45) is 20.5 Å². The first-order chi connectivity index (χ1) is 32.0. The predicted octanol–water partition coefficient (Wildman–Crippen LogP) is 7.05. The highest BCUT2D eigenvalue weighted by Crippen LogP contribution is 2.44. The van der Waals surface area contributed by atoms with E-state index in [-0.39, 0.29) is 88.0 Å². The summed E-state index contributed by atoms with van der Waals surface area (Å²) in [5, 5.41) is 62.6. The van der Waals surface area contributed by atoms with Crippen LogP contribution in [0.15, 0.2) is 65.3 Å². The molecule has 0 aliphatic carbocycles. The van der Waals surface area contributed by atoms with Gasteiger partial charge < -0.3 is 45.0 Å². The highest BCUT2D eigenvalue weighted by molar-refractivity contribution is 7.88. The molecular formula is C39H46N14O10S4. The number of nitrogens with one attached hydrogen (secondary N) is 2. The van der Waals surface area contributed by atoms with Crippen LogP contribution in [-0.2, 0) is 20.2 Å². The van der Waals surface area contributed by atoms with Crippen molar-refractivity contribution in [2.75, 3.05) is 92.0 Å². The van der Waals surface area contributed by atoms with E-state index < -0.39 is 28.7 Å². The number of aromatic nitrogens is 3. The third-order valence-electron chi connectivity index (χ3n) is 9.57. The molecule has 0 atom stereocenters. The van der Waals surface area contributed by atoms with Gasteiger partial charge >= 0.3 is 20.2 Å². The van der Waals surface area contributed by atoms with Gasteiger partial charge in [-0.15, -0.1) is 20.5 Å². The van der Waals surface area contributed by atoms with Crippen LogP contribution in [0.25, 0.3) is 0 Å². The second-order valence-electron chi connectivity index (χ2n) is 13.5. The number of methoxy groups -OCH3 is 2. The van der Waals surface area contributed by atoms with Gasteiger partial charge in [-0.05, 0) is 52.0 Å². The first-order valence-electron chi connectivity index (χ1n) is 20.1. The zero-order valence-corrected chi connectivity index (χ0v) is 40.1. The summed E-state index contributed by atoms with van der Waals surface area (Å²) < 4.78 is 77.3. The number of hydrogen-bond donors (Lipinski definition) is 6. The molecule has 67 heavy (non-hydrogen) atoms. The molecule has 0 saturated heterocycles. The van der Waals surface area contributed by atoms with Crippen LogP contribution in [0.1, 0.15) is 38.8 Å². The summed E-state index contributed by atoms with van der Waals surface area (Å²) in [6, 6.07) is 12.2. The standard InChI is InChI=1S/C39H46N14O10S4/c1-7-51(8-2)29-17-25(27(19-31(29)62-5)47-49-35-23(21-40)15-33(64-35)66(56,57)58)42-37-44-38(46-39(45-37)53(11-13-54)12-14-55)43-26-18-30(52(9-3)10-4)32(63-6)20-28(26)48-50-36-24(22-41)16-34(65-36)67(59,60)61/h15-20,54-55H,7-14H2,1-6H3,(H,56,57,58)(H,59,60,61)(H2,42,43,44,45,46). The van der Waals surface area contributed by atoms with Crippen LogP contribution >= 0.6 is 22.7 Å². The van der Waals surface area contributed by atoms with Crippen molar-refractivity contribution in [3.8, 4) is 23.6 Å². The van der Waals surface area contributed by atoms with Gasteiger partial charge in [0.2, 0.25) is 17.8 Å². The highest BCUT2D eigenvalue weighted by atomic mass is 32.3. The van der Waals surface area contributed by atoms with E-state index in [1.807, 2.05) is 49.6 Å². The first-order valence-corrected chi connectivity index (χ1v) is 24.6. The minimum absolute atomic E-state index is 0.00520. The average molecular weight is 999 g/mol. The van der Waals surface area contributed by atoms with Crippen LogP contribution in [0.5, 0.6) is 11.5 Å². The molecule has 0 spiro atoms. The molecule has 0 unspecified atom stereocenters. The van der Waals surface area contributed by atoms with Gasteiger partial charge in [-0.25, -0.2) is 0 Å². The van der Waals surface area contributed by atoms with E-state index in [1.54, 1.807) is 24.3 Å². The van der Waals surface area contributed by atoms with Crippen LogP contribution in [0.3, 0.4) is 0 Å². The SMILES string of the molecule is CCN(CC)c1cc(Nc2nc(Nc3cc(N(CC)CC)c(OC)cc3N=Nc3sc(S(=O)(=O)O)cc3C#N)nc(N(CCO)CCO)n2)c(N=Nc2sc(S(=O)(=O)O)cc2C#N)cc1OC. The minimum Gasteiger partial charge on any atom is -0.494 e. The summed E-state index contributed by atoms with van der Waals surface area (Å²) in [5.74, 6) is 0.563. The molecule has 6 N–H and O–H groups in total. The lowest BCUT2D eigenvalue weighted by atomic mass is 10.2. The summed E-state index contributed by atoms with van der Waals surface area (Å²) >= 11 is 1.07. The Labute approximate surface area is 394 Å². The van der Waals surface area contributed by atoms with Crippen molar-refractivity contribution >= 4 is 105 Å². The lowest BCUT2D eigenvalue weighted by molar-refractivity contribution is 0.280. The van der Waals surface area contributed by atoms with Gasteiger partial charge in [-0.3, -0.25) is 9.11 Å². The molecule has 0 fully saturated rings. The lowest BCUT2D eigenvalue weighted by Gasteiger charge is -2.25. The minimum atomic E-state index is -4.66. The molecule has 356 valence electrons. The predicted molar refractivity (Wildman–Crippen MR) is 252 cm³/mol. The van der Waals surface area contributed by atoms with Crippen LogP contribution < -0.4 is 34.8 Å². The Morgan fingerprint density at radius 3 is 1.33 bits per heavy atom. The maximum Gasteiger partial charge on any atom is 0.304 e. The Kier molecular flexibility index (Phi) is 17.4. The van der Waals surface area contributed by atoms with Crippen LogP contribution in [-0.4, -0.2) is 118 Å². The molecule has 28 heteroatoms. The molecule has 24 nitrogen and oxygen atoms in total. The Morgan fingerprint density at radius 2 is 1.01 bits per heavy atom. The fourth-order valence-corrected chi connectivity index (χ4v) is 9.50. The largest absolute Gasteiger partial charge is 0.494 e. The van der Waals surface area contributed by atoms with E-state index in [4.69, 9.17) is 9.47 Å². The molecule has 5 aromatic rings. The van der Waals surface area contributed by atoms with Gasteiger partial charge in [0, 0.05) is 51.4 Å². The van der Waals surface area contributed by atoms with Crippen LogP contribution in [0.4, 0.5) is 62.0 Å². The van der Waals surface area contributed by atoms with Crippen molar-refractivity contribution in [3.63, 3.8) is 0 Å². The third kappa shape index (κ3) is 12.4. The van der Waals surface area contributed by atoms with Gasteiger partial charge in [-0.2, -0.15) is 42.3 Å². The molecular weight excluding hydrogens is 953 g/mol. The second kappa shape index (κ2) is 22.7. The molecule has 0 saturated carbocycles. The highest BCUT2D eigenvalue weighted by Gasteiger charge is 2.23. The summed E-state index contributed by atoms with van der Waals surface area (Å²) in [5.41, 5.74) is 1.65. The Balaban J connectivity index is 1.73. The monoisotopic (exact) mass is 998 g/mol. The molecule has 3 heterocycles. The topological polar surface area (TPSA) is 337 Å². The number of rotatable bonds is 23. The average Bonchev–Trinajstić information content (AvgIpc) is 3.94. The number of nitriles is 2. The van der Waals surface area contributed by atoms with Crippen LogP contribution in [0, 0.1) is 22.7 Å². The van der Waals surface area contributed by atoms with Gasteiger partial charge in [-0.1, -0.05) is 22.7 Å². The molecule has 3 aromatic heterocycles. The molecule has 0 aliphatic rings. The summed E-state index contributed by atoms with van der Waals surface area (Å²) in [7, 11) is -6.39. The second-order valence-corrected chi connectivity index (χ2v) is 18.9. The van der Waals surface area contributed by atoms with E-state index in [2.05, 4.69) is 46.0 Å². The number of anilines is 7.